The van der Waals surface area contributed by atoms with Crippen LogP contribution in [-0.2, 0) is 9.53 Å². The van der Waals surface area contributed by atoms with Crippen LogP contribution >= 0.6 is 11.6 Å². The molecular formula is C23H21ClFNO4. The van der Waals surface area contributed by atoms with Crippen LogP contribution in [-0.4, -0.2) is 27.7 Å². The lowest BCUT2D eigenvalue weighted by atomic mass is 9.94. The SMILES string of the molecule is Cc1c(C(C)C(=O)OC2CCC2)c2cc(O)ccc2n1C(=O)c1ccc(Cl)c(F)c1. The van der Waals surface area contributed by atoms with Gasteiger partial charge in [-0.25, -0.2) is 4.39 Å². The quantitative estimate of drug-likeness (QED) is 0.569. The molecule has 1 atom stereocenters. The highest BCUT2D eigenvalue weighted by atomic mass is 35.5. The van der Waals surface area contributed by atoms with Gasteiger partial charge in [-0.15, -0.1) is 0 Å². The van der Waals surface area contributed by atoms with Crippen molar-refractivity contribution in [3.05, 3.63) is 64.1 Å². The fourth-order valence-electron chi connectivity index (χ4n) is 3.87. The number of aromatic hydroxyl groups is 1. The number of phenols is 1. The van der Waals surface area contributed by atoms with E-state index in [-0.39, 0.29) is 28.4 Å². The third-order valence-corrected chi connectivity index (χ3v) is 6.03. The Hall–Kier alpha value is -2.86. The first-order valence-corrected chi connectivity index (χ1v) is 10.2. The molecule has 1 fully saturated rings. The molecule has 2 aromatic carbocycles. The van der Waals surface area contributed by atoms with Gasteiger partial charge in [0.25, 0.3) is 5.91 Å². The summed E-state index contributed by atoms with van der Waals surface area (Å²) < 4.78 is 20.9. The summed E-state index contributed by atoms with van der Waals surface area (Å²) in [6.07, 6.45) is 2.71. The van der Waals surface area contributed by atoms with Crippen molar-refractivity contribution in [1.29, 1.82) is 0 Å². The van der Waals surface area contributed by atoms with Gasteiger partial charge in [0.1, 0.15) is 17.7 Å². The largest absolute Gasteiger partial charge is 0.508 e. The number of nitrogens with zero attached hydrogens (tertiary/aromatic N) is 1. The Kier molecular flexibility index (Phi) is 5.28. The van der Waals surface area contributed by atoms with Gasteiger partial charge in [0.05, 0.1) is 16.5 Å². The van der Waals surface area contributed by atoms with Gasteiger partial charge in [0.2, 0.25) is 0 Å². The Morgan fingerprint density at radius 1 is 1.23 bits per heavy atom. The third-order valence-electron chi connectivity index (χ3n) is 5.73. The van der Waals surface area contributed by atoms with Gasteiger partial charge in [-0.05, 0) is 75.1 Å². The fraction of sp³-hybridized carbons (Fsp3) is 0.304. The summed E-state index contributed by atoms with van der Waals surface area (Å²) in [7, 11) is 0. The Morgan fingerprint density at radius 2 is 1.97 bits per heavy atom. The van der Waals surface area contributed by atoms with Gasteiger partial charge in [-0.1, -0.05) is 11.6 Å². The predicted molar refractivity (Wildman–Crippen MR) is 112 cm³/mol. The third kappa shape index (κ3) is 3.45. The molecule has 1 aliphatic carbocycles. The van der Waals surface area contributed by atoms with Crippen LogP contribution < -0.4 is 0 Å². The van der Waals surface area contributed by atoms with Crippen molar-refractivity contribution in [2.75, 3.05) is 0 Å². The second kappa shape index (κ2) is 7.76. The lowest BCUT2D eigenvalue weighted by molar-refractivity contribution is -0.154. The Labute approximate surface area is 178 Å². The van der Waals surface area contributed by atoms with Crippen LogP contribution in [0.4, 0.5) is 4.39 Å². The molecule has 3 aromatic rings. The van der Waals surface area contributed by atoms with Crippen molar-refractivity contribution in [1.82, 2.24) is 4.57 Å². The molecule has 4 rings (SSSR count). The lowest BCUT2D eigenvalue weighted by Crippen LogP contribution is -2.27. The van der Waals surface area contributed by atoms with Crippen molar-refractivity contribution >= 4 is 34.4 Å². The number of rotatable bonds is 4. The predicted octanol–water partition coefficient (Wildman–Crippen LogP) is 5.34. The number of halogens is 2. The Bertz CT molecular complexity index is 1170. The summed E-state index contributed by atoms with van der Waals surface area (Å²) in [5.41, 5.74) is 1.78. The number of carbonyl (C=O) groups is 2. The van der Waals surface area contributed by atoms with Gasteiger partial charge < -0.3 is 9.84 Å². The molecule has 156 valence electrons. The van der Waals surface area contributed by atoms with Crippen molar-refractivity contribution in [3.8, 4) is 5.75 Å². The topological polar surface area (TPSA) is 68.5 Å². The minimum Gasteiger partial charge on any atom is -0.508 e. The maximum Gasteiger partial charge on any atom is 0.313 e. The highest BCUT2D eigenvalue weighted by Gasteiger charge is 2.30. The van der Waals surface area contributed by atoms with E-state index in [4.69, 9.17) is 16.3 Å². The van der Waals surface area contributed by atoms with Crippen molar-refractivity contribution in [2.45, 2.75) is 45.1 Å². The molecule has 1 heterocycles. The van der Waals surface area contributed by atoms with E-state index >= 15 is 0 Å². The fourth-order valence-corrected chi connectivity index (χ4v) is 3.99. The van der Waals surface area contributed by atoms with Gasteiger partial charge in [0.15, 0.2) is 0 Å². The van der Waals surface area contributed by atoms with Gasteiger partial charge in [-0.2, -0.15) is 0 Å². The van der Waals surface area contributed by atoms with Gasteiger partial charge in [0, 0.05) is 16.6 Å². The first-order chi connectivity index (χ1) is 14.3. The van der Waals surface area contributed by atoms with E-state index in [1.54, 1.807) is 19.9 Å². The molecule has 0 aliphatic heterocycles. The van der Waals surface area contributed by atoms with Gasteiger partial charge in [-0.3, -0.25) is 14.2 Å². The number of hydrogen-bond donors (Lipinski definition) is 1. The van der Waals surface area contributed by atoms with E-state index in [1.807, 2.05) is 0 Å². The highest BCUT2D eigenvalue weighted by Crippen LogP contribution is 2.36. The molecule has 0 bridgehead atoms. The molecule has 0 amide bonds. The molecule has 1 aliphatic rings. The molecule has 7 heteroatoms. The standard InChI is InChI=1S/C23H21ClFNO4/c1-12(23(29)30-16-4-3-5-16)21-13(2)26(20-9-7-15(27)11-17(20)21)22(28)14-6-8-18(24)19(25)10-14/h6-12,16,27H,3-5H2,1-2H3. The summed E-state index contributed by atoms with van der Waals surface area (Å²) in [6.45, 7) is 3.45. The van der Waals surface area contributed by atoms with Crippen molar-refractivity contribution in [3.63, 3.8) is 0 Å². The number of aromatic nitrogens is 1. The zero-order valence-corrected chi connectivity index (χ0v) is 17.4. The van der Waals surface area contributed by atoms with E-state index < -0.39 is 17.6 Å². The number of phenolic OH excluding ortho intramolecular Hbond substituents is 1. The van der Waals surface area contributed by atoms with E-state index in [0.717, 1.165) is 25.3 Å². The first-order valence-electron chi connectivity index (χ1n) is 9.82. The van der Waals surface area contributed by atoms with E-state index in [2.05, 4.69) is 0 Å². The summed E-state index contributed by atoms with van der Waals surface area (Å²) >= 11 is 5.74. The number of hydrogen-bond acceptors (Lipinski definition) is 4. The van der Waals surface area contributed by atoms with Crippen LogP contribution in [0, 0.1) is 12.7 Å². The number of benzene rings is 2. The highest BCUT2D eigenvalue weighted by molar-refractivity contribution is 6.30. The zero-order chi connectivity index (χ0) is 21.6. The van der Waals surface area contributed by atoms with Crippen LogP contribution in [0.1, 0.15) is 53.7 Å². The molecule has 1 saturated carbocycles. The second-order valence-electron chi connectivity index (χ2n) is 7.68. The minimum atomic E-state index is -0.688. The average molecular weight is 430 g/mol. The molecular weight excluding hydrogens is 409 g/mol. The second-order valence-corrected chi connectivity index (χ2v) is 8.09. The van der Waals surface area contributed by atoms with E-state index in [0.29, 0.717) is 22.2 Å². The molecule has 0 radical (unpaired) electrons. The molecule has 1 unspecified atom stereocenters. The lowest BCUT2D eigenvalue weighted by Gasteiger charge is -2.26. The Balaban J connectivity index is 1.82. The molecule has 30 heavy (non-hydrogen) atoms. The number of carbonyl (C=O) groups excluding carboxylic acids is 2. The van der Waals surface area contributed by atoms with E-state index in [9.17, 15) is 19.1 Å². The molecule has 0 spiro atoms. The van der Waals surface area contributed by atoms with Crippen LogP contribution in [0.25, 0.3) is 10.9 Å². The average Bonchev–Trinajstić information content (AvgIpc) is 2.96. The van der Waals surface area contributed by atoms with Crippen molar-refractivity contribution < 1.29 is 23.8 Å². The number of ether oxygens (including phenoxy) is 1. The maximum atomic E-state index is 13.9. The van der Waals surface area contributed by atoms with Crippen molar-refractivity contribution in [2.24, 2.45) is 0 Å². The monoisotopic (exact) mass is 429 g/mol. The molecule has 1 aromatic heterocycles. The normalized spacial score (nSPS) is 15.1. The summed E-state index contributed by atoms with van der Waals surface area (Å²) in [4.78, 5) is 26.0. The number of esters is 1. The smallest absolute Gasteiger partial charge is 0.313 e. The van der Waals surface area contributed by atoms with Gasteiger partial charge >= 0.3 is 5.97 Å². The Morgan fingerprint density at radius 3 is 2.60 bits per heavy atom. The summed E-state index contributed by atoms with van der Waals surface area (Å²) in [5, 5.41) is 10.5. The van der Waals surface area contributed by atoms with Crippen LogP contribution in [0.3, 0.4) is 0 Å². The van der Waals surface area contributed by atoms with Crippen LogP contribution in [0.15, 0.2) is 36.4 Å². The molecule has 0 saturated heterocycles. The molecule has 5 nitrogen and oxygen atoms in total. The van der Waals surface area contributed by atoms with Crippen LogP contribution in [0.5, 0.6) is 5.75 Å². The molecule has 1 N–H and O–H groups in total. The summed E-state index contributed by atoms with van der Waals surface area (Å²) in [6, 6.07) is 8.47. The summed E-state index contributed by atoms with van der Waals surface area (Å²) in [5.74, 6) is -2.12. The maximum absolute atomic E-state index is 13.9. The first kappa shape index (κ1) is 20.4. The van der Waals surface area contributed by atoms with Crippen LogP contribution in [0.2, 0.25) is 5.02 Å². The number of fused-ring (bicyclic) bond motifs is 1. The van der Waals surface area contributed by atoms with E-state index in [1.165, 1.54) is 28.8 Å². The minimum absolute atomic E-state index is 0.0189. The zero-order valence-electron chi connectivity index (χ0n) is 16.6.